The molecular weight excluding hydrogens is 297 g/mol. The number of fused-ring (bicyclic) bond motifs is 1. The topological polar surface area (TPSA) is 54.8 Å². The van der Waals surface area contributed by atoms with Crippen LogP contribution in [0.2, 0.25) is 15.5 Å². The van der Waals surface area contributed by atoms with Crippen molar-refractivity contribution in [2.75, 3.05) is 18.0 Å². The number of anilines is 1. The third kappa shape index (κ3) is 2.06. The molecule has 2 aromatic heterocycles. The van der Waals surface area contributed by atoms with E-state index in [9.17, 15) is 0 Å². The van der Waals surface area contributed by atoms with Gasteiger partial charge in [0.25, 0.3) is 0 Å². The number of hydrogen-bond donors (Lipinski definition) is 0. The van der Waals surface area contributed by atoms with E-state index in [1.54, 1.807) is 0 Å². The van der Waals surface area contributed by atoms with Crippen molar-refractivity contribution in [1.29, 1.82) is 0 Å². The van der Waals surface area contributed by atoms with E-state index in [0.717, 1.165) is 25.9 Å². The first kappa shape index (κ1) is 12.1. The van der Waals surface area contributed by atoms with Gasteiger partial charge in [-0.3, -0.25) is 0 Å². The summed E-state index contributed by atoms with van der Waals surface area (Å²) in [6.07, 6.45) is 2.26. The molecule has 0 atom stereocenters. The highest BCUT2D eigenvalue weighted by Crippen LogP contribution is 2.26. The summed E-state index contributed by atoms with van der Waals surface area (Å²) in [6, 6.07) is 0. The fourth-order valence-corrected chi connectivity index (χ4v) is 2.37. The molecule has 0 aliphatic carbocycles. The summed E-state index contributed by atoms with van der Waals surface area (Å²) < 4.78 is 0. The predicted octanol–water partition coefficient (Wildman–Crippen LogP) is 2.98. The van der Waals surface area contributed by atoms with Gasteiger partial charge < -0.3 is 4.90 Å². The Balaban J connectivity index is 2.16. The summed E-state index contributed by atoms with van der Waals surface area (Å²) in [5.74, 6) is 0.567. The maximum atomic E-state index is 6.08. The number of hydrogen-bond acceptors (Lipinski definition) is 5. The largest absolute Gasteiger partial charge is 0.341 e. The van der Waals surface area contributed by atoms with Gasteiger partial charge in [0, 0.05) is 13.1 Å². The van der Waals surface area contributed by atoms with E-state index in [1.165, 1.54) is 0 Å². The molecule has 0 spiro atoms. The Morgan fingerprint density at radius 3 is 2.17 bits per heavy atom. The van der Waals surface area contributed by atoms with E-state index in [2.05, 4.69) is 24.8 Å². The summed E-state index contributed by atoms with van der Waals surface area (Å²) in [5, 5.41) is 0.461. The molecule has 1 fully saturated rings. The molecule has 94 valence electrons. The van der Waals surface area contributed by atoms with Gasteiger partial charge in [-0.15, -0.1) is 0 Å². The van der Waals surface area contributed by atoms with Crippen molar-refractivity contribution < 1.29 is 0 Å². The van der Waals surface area contributed by atoms with Gasteiger partial charge in [-0.25, -0.2) is 9.97 Å². The van der Waals surface area contributed by atoms with Crippen LogP contribution in [-0.4, -0.2) is 33.0 Å². The lowest BCUT2D eigenvalue weighted by Gasteiger charge is -2.15. The van der Waals surface area contributed by atoms with Gasteiger partial charge in [0.2, 0.25) is 5.95 Å². The van der Waals surface area contributed by atoms with Gasteiger partial charge in [0.05, 0.1) is 0 Å². The second-order valence-electron chi connectivity index (χ2n) is 3.99. The Morgan fingerprint density at radius 2 is 1.44 bits per heavy atom. The molecule has 8 heteroatoms. The highest BCUT2D eigenvalue weighted by Gasteiger charge is 2.18. The molecule has 1 saturated heterocycles. The molecule has 3 heterocycles. The van der Waals surface area contributed by atoms with Gasteiger partial charge in [0.15, 0.2) is 21.1 Å². The third-order valence-electron chi connectivity index (χ3n) is 2.78. The molecular formula is C10H8Cl3N5. The monoisotopic (exact) mass is 303 g/mol. The van der Waals surface area contributed by atoms with Gasteiger partial charge in [-0.2, -0.15) is 9.97 Å². The van der Waals surface area contributed by atoms with Crippen LogP contribution in [0.25, 0.3) is 11.2 Å². The van der Waals surface area contributed by atoms with E-state index >= 15 is 0 Å². The van der Waals surface area contributed by atoms with Crippen LogP contribution in [0.4, 0.5) is 5.95 Å². The summed E-state index contributed by atoms with van der Waals surface area (Å²) in [7, 11) is 0. The second kappa shape index (κ2) is 4.64. The maximum absolute atomic E-state index is 6.08. The van der Waals surface area contributed by atoms with Gasteiger partial charge in [-0.05, 0) is 12.8 Å². The lowest BCUT2D eigenvalue weighted by Crippen LogP contribution is -2.20. The predicted molar refractivity (Wildman–Crippen MR) is 71.6 cm³/mol. The quantitative estimate of drug-likeness (QED) is 0.758. The molecule has 0 unspecified atom stereocenters. The van der Waals surface area contributed by atoms with E-state index in [1.807, 2.05) is 0 Å². The SMILES string of the molecule is Clc1nc2nc(N3CCCC3)nc(Cl)c2nc1Cl. The molecule has 18 heavy (non-hydrogen) atoms. The highest BCUT2D eigenvalue weighted by atomic mass is 35.5. The first-order valence-electron chi connectivity index (χ1n) is 5.46. The van der Waals surface area contributed by atoms with Crippen LogP contribution in [-0.2, 0) is 0 Å². The zero-order valence-corrected chi connectivity index (χ0v) is 11.5. The molecule has 0 saturated carbocycles. The molecule has 1 aliphatic heterocycles. The van der Waals surface area contributed by atoms with Gasteiger partial charge >= 0.3 is 0 Å². The first-order valence-corrected chi connectivity index (χ1v) is 6.60. The summed E-state index contributed by atoms with van der Waals surface area (Å²) in [5.41, 5.74) is 0.736. The number of rotatable bonds is 1. The van der Waals surface area contributed by atoms with Crippen LogP contribution in [0.1, 0.15) is 12.8 Å². The number of nitrogens with zero attached hydrogens (tertiary/aromatic N) is 5. The van der Waals surface area contributed by atoms with E-state index in [-0.39, 0.29) is 15.5 Å². The Kier molecular flexibility index (Phi) is 3.13. The fourth-order valence-electron chi connectivity index (χ4n) is 1.92. The van der Waals surface area contributed by atoms with Gasteiger partial charge in [-0.1, -0.05) is 34.8 Å². The lowest BCUT2D eigenvalue weighted by atomic mass is 10.4. The molecule has 3 rings (SSSR count). The molecule has 0 aromatic carbocycles. The fraction of sp³-hybridized carbons (Fsp3) is 0.400. The van der Waals surface area contributed by atoms with E-state index in [0.29, 0.717) is 17.1 Å². The third-order valence-corrected chi connectivity index (χ3v) is 3.67. The maximum Gasteiger partial charge on any atom is 0.228 e. The molecule has 0 radical (unpaired) electrons. The van der Waals surface area contributed by atoms with Crippen LogP contribution < -0.4 is 4.90 Å². The molecule has 2 aromatic rings. The van der Waals surface area contributed by atoms with E-state index < -0.39 is 0 Å². The van der Waals surface area contributed by atoms with E-state index in [4.69, 9.17) is 34.8 Å². The average Bonchev–Trinajstić information content (AvgIpc) is 2.85. The Bertz CT molecular complexity index is 612. The van der Waals surface area contributed by atoms with Crippen molar-refractivity contribution in [3.8, 4) is 0 Å². The zero-order valence-electron chi connectivity index (χ0n) is 9.20. The minimum absolute atomic E-state index is 0.101. The van der Waals surface area contributed by atoms with Crippen LogP contribution in [0.15, 0.2) is 0 Å². The van der Waals surface area contributed by atoms with Crippen LogP contribution in [0.5, 0.6) is 0 Å². The smallest absolute Gasteiger partial charge is 0.228 e. The van der Waals surface area contributed by atoms with Gasteiger partial charge in [0.1, 0.15) is 5.52 Å². The van der Waals surface area contributed by atoms with Crippen molar-refractivity contribution in [3.05, 3.63) is 15.5 Å². The summed E-state index contributed by atoms with van der Waals surface area (Å²) >= 11 is 17.7. The standard InChI is InChI=1S/C10H8Cl3N5/c11-6-5-9(15-8(13)7(12)14-5)17-10(16-6)18-3-1-2-4-18/h1-4H2. The lowest BCUT2D eigenvalue weighted by molar-refractivity contribution is 0.903. The van der Waals surface area contributed by atoms with Crippen LogP contribution >= 0.6 is 34.8 Å². The molecule has 0 amide bonds. The molecule has 1 aliphatic rings. The Labute approximate surface area is 118 Å². The Morgan fingerprint density at radius 1 is 0.778 bits per heavy atom. The second-order valence-corrected chi connectivity index (χ2v) is 5.06. The van der Waals surface area contributed by atoms with Crippen LogP contribution in [0, 0.1) is 0 Å². The molecule has 0 bridgehead atoms. The van der Waals surface area contributed by atoms with Crippen LogP contribution in [0.3, 0.4) is 0 Å². The normalized spacial score (nSPS) is 15.6. The van der Waals surface area contributed by atoms with Crippen molar-refractivity contribution in [1.82, 2.24) is 19.9 Å². The van der Waals surface area contributed by atoms with Crippen molar-refractivity contribution in [2.24, 2.45) is 0 Å². The van der Waals surface area contributed by atoms with Crippen molar-refractivity contribution in [2.45, 2.75) is 12.8 Å². The average molecular weight is 305 g/mol. The minimum atomic E-state index is 0.101. The number of aromatic nitrogens is 4. The van der Waals surface area contributed by atoms with Crippen molar-refractivity contribution >= 4 is 51.9 Å². The Hall–Kier alpha value is -0.910. The first-order chi connectivity index (χ1) is 8.65. The zero-order chi connectivity index (χ0) is 12.7. The summed E-state index contributed by atoms with van der Waals surface area (Å²) in [4.78, 5) is 18.7. The number of halogens is 3. The van der Waals surface area contributed by atoms with Crippen molar-refractivity contribution in [3.63, 3.8) is 0 Å². The molecule has 0 N–H and O–H groups in total. The molecule has 5 nitrogen and oxygen atoms in total. The highest BCUT2D eigenvalue weighted by molar-refractivity contribution is 6.41. The minimum Gasteiger partial charge on any atom is -0.341 e. The summed E-state index contributed by atoms with van der Waals surface area (Å²) in [6.45, 7) is 1.85.